The largest absolute Gasteiger partial charge is 0.490 e. The van der Waals surface area contributed by atoms with Crippen molar-refractivity contribution < 1.29 is 136 Å². The Morgan fingerprint density at radius 3 is 1.38 bits per heavy atom. The highest BCUT2D eigenvalue weighted by molar-refractivity contribution is 8.00. The first-order valence-corrected chi connectivity index (χ1v) is 46.0. The monoisotopic (exact) mass is 1850 g/mol. The molecule has 9 amide bonds. The number of carboxylic acids is 2. The standard InChI is InChI=1S/C88H119N9O28S3/c1-55(98)94-74-66(100)50-87(84(111)112,124-78(74)76(105)68(102)52-92-80(107)61-23-19-59(20-24-61)57-13-5-3-6-14-57)122-32-11-45-126-47-30-90-82(109)63-27-28-64(70(49-63)121-44-43-120-42-41-119-40-39-118-38-37-117-36-35-116-34-29-89-72(104)18-10-9-17-71-73-65(54-128-71)96-86(115)97-73)83(110)91-31-48-127-46-12-33-123-88(85(113)114)51-67(101)75(95-56(2)99)79(125-88)77(106)69(103)53-93-81(108)62-25-21-60(22-26-62)58-15-7-4-8-16-58/h3-8,13-16,19-28,49,65-69,71,73-79,100-103,105-106H,9-12,17-18,29-48,50-54H2,1-2H3,(H,89,104)(H,90,109)(H,91,110)(H,92,107)(H,93,108)(H,94,98)(H,95,99)(H,111,112)(H,113,114)(H2,96,97,115)/t65?,66-,67-,68+,69+,71?,73?,74+,75+,76+,77+,78+,79+,87+,88+/m0/s1. The maximum absolute atomic E-state index is 13.9. The second kappa shape index (κ2) is 53.9. The van der Waals surface area contributed by atoms with E-state index in [1.165, 1.54) is 41.7 Å². The van der Waals surface area contributed by atoms with Crippen LogP contribution in [-0.2, 0) is 66.6 Å². The number of fused-ring (bicyclic) bond motifs is 1. The summed E-state index contributed by atoms with van der Waals surface area (Å²) in [6, 6.07) is 34.0. The molecular weight excluding hydrogens is 1730 g/mol. The normalized spacial score (nSPS) is 22.1. The van der Waals surface area contributed by atoms with E-state index in [4.69, 9.17) is 47.4 Å². The SMILES string of the molecule is CC(=O)N[C@H]1[C@H]([C@H](O)[C@H](O)CNC(=O)c2ccc(-c3ccccc3)cc2)O[C@@](OCCCSCCNC(=O)c2ccc(C(=O)NCCSCCCO[C@]3(C(=O)O)C[C@H](O)[C@@H](NC(C)=O)[C@H]([C@H](O)[C@H](O)CNC(=O)c4ccc(-c5ccccc5)cc4)O3)c(OCCOCCOCCOCCOCCOCCNC(=O)CCCCC3SCC4NC(=O)NC43)c2)(C(=O)O)C[C@@H]1O. The van der Waals surface area contributed by atoms with E-state index < -0.39 is 146 Å². The number of ether oxygens (including phenoxy) is 10. The number of hydrogen-bond donors (Lipinski definition) is 17. The summed E-state index contributed by atoms with van der Waals surface area (Å²) in [5, 5.41) is 114. The molecule has 0 aliphatic carbocycles. The number of carboxylic acid groups (broad SMARTS) is 2. The minimum absolute atomic E-state index is 0.0253. The summed E-state index contributed by atoms with van der Waals surface area (Å²) in [5.74, 6) is -9.52. The molecule has 15 atom stereocenters. The number of thioether (sulfide) groups is 3. The summed E-state index contributed by atoms with van der Waals surface area (Å²) in [4.78, 5) is 128. The van der Waals surface area contributed by atoms with Crippen LogP contribution < -0.4 is 52.6 Å². The topological polar surface area (TPSA) is 533 Å². The summed E-state index contributed by atoms with van der Waals surface area (Å²) in [7, 11) is 0. The van der Waals surface area contributed by atoms with Gasteiger partial charge in [-0.1, -0.05) is 91.3 Å². The first kappa shape index (κ1) is 103. The van der Waals surface area contributed by atoms with Crippen LogP contribution >= 0.6 is 35.3 Å². The summed E-state index contributed by atoms with van der Waals surface area (Å²) < 4.78 is 57.7. The van der Waals surface area contributed by atoms with Gasteiger partial charge in [0.25, 0.3) is 35.2 Å². The van der Waals surface area contributed by atoms with Gasteiger partial charge in [0, 0.05) is 105 Å². The average molecular weight is 1850 g/mol. The van der Waals surface area contributed by atoms with Crippen molar-refractivity contribution in [3.05, 3.63) is 150 Å². The lowest BCUT2D eigenvalue weighted by atomic mass is 9.88. The lowest BCUT2D eigenvalue weighted by molar-refractivity contribution is -0.310. The molecule has 4 saturated heterocycles. The van der Waals surface area contributed by atoms with Crippen LogP contribution in [0.5, 0.6) is 5.75 Å². The summed E-state index contributed by atoms with van der Waals surface area (Å²) in [6.45, 7) is 4.14. The van der Waals surface area contributed by atoms with Crippen molar-refractivity contribution in [3.63, 3.8) is 0 Å². The van der Waals surface area contributed by atoms with E-state index in [0.717, 1.165) is 61.1 Å². The fourth-order valence-corrected chi connectivity index (χ4v) is 17.6. The Bertz CT molecular complexity index is 4330. The number of aliphatic carboxylic acids is 2. The molecule has 4 aliphatic rings. The van der Waals surface area contributed by atoms with Gasteiger partial charge in [0.15, 0.2) is 0 Å². The van der Waals surface area contributed by atoms with E-state index in [9.17, 15) is 88.8 Å². The number of carbonyl (C=O) groups is 10. The first-order chi connectivity index (χ1) is 61.7. The smallest absolute Gasteiger partial charge is 0.364 e. The highest BCUT2D eigenvalue weighted by atomic mass is 32.2. The van der Waals surface area contributed by atoms with Crippen LogP contribution in [0.4, 0.5) is 4.79 Å². The number of carbonyl (C=O) groups excluding carboxylic acids is 8. The molecule has 0 saturated carbocycles. The third kappa shape index (κ3) is 32.4. The van der Waals surface area contributed by atoms with Gasteiger partial charge < -0.3 is 136 Å². The second-order valence-electron chi connectivity index (χ2n) is 30.7. The Kier molecular flexibility index (Phi) is 43.2. The Labute approximate surface area is 754 Å². The molecule has 4 aliphatic heterocycles. The molecule has 0 radical (unpaired) electrons. The fraction of sp³-hybridized carbons (Fsp3) is 0.545. The van der Waals surface area contributed by atoms with Crippen molar-refractivity contribution in [1.29, 1.82) is 0 Å². The predicted octanol–water partition coefficient (Wildman–Crippen LogP) is 2.24. The van der Waals surface area contributed by atoms with E-state index in [1.807, 2.05) is 72.4 Å². The molecule has 3 unspecified atom stereocenters. The molecule has 0 spiro atoms. The van der Waals surface area contributed by atoms with Crippen LogP contribution in [-0.4, -0.2) is 337 Å². The molecule has 5 aromatic rings. The molecular formula is C88H119N9O28S3. The van der Waals surface area contributed by atoms with Crippen LogP contribution in [0.1, 0.15) is 107 Å². The van der Waals surface area contributed by atoms with Gasteiger partial charge in [0.05, 0.1) is 133 Å². The zero-order chi connectivity index (χ0) is 91.8. The van der Waals surface area contributed by atoms with Gasteiger partial charge in [-0.05, 0) is 102 Å². The quantitative estimate of drug-likeness (QED) is 0.0196. The summed E-state index contributed by atoms with van der Waals surface area (Å²) in [6.07, 6.45) is -12.1. The zero-order valence-corrected chi connectivity index (χ0v) is 74.0. The van der Waals surface area contributed by atoms with Gasteiger partial charge >= 0.3 is 18.0 Å². The zero-order valence-electron chi connectivity index (χ0n) is 71.5. The molecule has 0 bridgehead atoms. The number of amides is 9. The Hall–Kier alpha value is -9.15. The molecule has 17 N–H and O–H groups in total. The fourth-order valence-electron chi connectivity index (χ4n) is 14.5. The van der Waals surface area contributed by atoms with E-state index in [2.05, 4.69) is 47.9 Å². The second-order valence-corrected chi connectivity index (χ2v) is 34.4. The number of nitrogens with one attached hydrogen (secondary N) is 9. The number of aliphatic hydroxyl groups excluding tert-OH is 6. The van der Waals surface area contributed by atoms with Crippen LogP contribution in [0.3, 0.4) is 0 Å². The number of rotatable bonds is 58. The maximum Gasteiger partial charge on any atom is 0.364 e. The van der Waals surface area contributed by atoms with Gasteiger partial charge in [0.1, 0.15) is 36.8 Å². The minimum atomic E-state index is -2.55. The van der Waals surface area contributed by atoms with Gasteiger partial charge in [-0.25, -0.2) is 14.4 Å². The molecule has 9 rings (SSSR count). The molecule has 128 heavy (non-hydrogen) atoms. The lowest BCUT2D eigenvalue weighted by Gasteiger charge is -2.46. The molecule has 37 nitrogen and oxygen atoms in total. The van der Waals surface area contributed by atoms with Crippen molar-refractivity contribution >= 4 is 94.6 Å². The minimum Gasteiger partial charge on any atom is -0.490 e. The van der Waals surface area contributed by atoms with Crippen LogP contribution in [0, 0.1) is 0 Å². The third-order valence-electron chi connectivity index (χ3n) is 21.2. The molecule has 4 heterocycles. The Balaban J connectivity index is 0.690. The third-order valence-corrected chi connectivity index (χ3v) is 24.8. The maximum atomic E-state index is 13.9. The van der Waals surface area contributed by atoms with Crippen LogP contribution in [0.15, 0.2) is 127 Å². The van der Waals surface area contributed by atoms with E-state index in [-0.39, 0.29) is 124 Å². The number of benzene rings is 5. The van der Waals surface area contributed by atoms with Crippen molar-refractivity contribution in [1.82, 2.24) is 47.9 Å². The van der Waals surface area contributed by atoms with Crippen LogP contribution in [0.2, 0.25) is 0 Å². The summed E-state index contributed by atoms with van der Waals surface area (Å²) >= 11 is 4.62. The van der Waals surface area contributed by atoms with Crippen molar-refractivity contribution in [3.8, 4) is 28.0 Å². The molecule has 4 fully saturated rings. The van der Waals surface area contributed by atoms with E-state index in [1.54, 1.807) is 48.5 Å². The Morgan fingerprint density at radius 2 is 0.914 bits per heavy atom. The molecule has 5 aromatic carbocycles. The number of unbranched alkanes of at least 4 members (excludes halogenated alkanes) is 1. The van der Waals surface area contributed by atoms with Crippen molar-refractivity contribution in [2.45, 2.75) is 155 Å². The lowest BCUT2D eigenvalue weighted by Crippen LogP contribution is -2.68. The molecule has 40 heteroatoms. The average Bonchev–Trinajstić information content (AvgIpc) is 1.06. The van der Waals surface area contributed by atoms with Gasteiger partial charge in [0.2, 0.25) is 17.7 Å². The van der Waals surface area contributed by atoms with Crippen LogP contribution in [0.25, 0.3) is 22.3 Å². The molecule has 0 aromatic heterocycles. The first-order valence-electron chi connectivity index (χ1n) is 42.7. The number of aliphatic hydroxyl groups is 6. The van der Waals surface area contributed by atoms with E-state index in [0.29, 0.717) is 80.9 Å². The number of urea groups is 1. The van der Waals surface area contributed by atoms with E-state index >= 15 is 0 Å². The van der Waals surface area contributed by atoms with Gasteiger partial charge in [-0.15, -0.1) is 0 Å². The highest BCUT2D eigenvalue weighted by Crippen LogP contribution is 2.37. The highest BCUT2D eigenvalue weighted by Gasteiger charge is 2.58. The Morgan fingerprint density at radius 1 is 0.484 bits per heavy atom. The van der Waals surface area contributed by atoms with Gasteiger partial charge in [-0.3, -0.25) is 33.6 Å². The number of hydrogen-bond acceptors (Lipinski definition) is 29. The van der Waals surface area contributed by atoms with Gasteiger partial charge in [-0.2, -0.15) is 35.3 Å². The summed E-state index contributed by atoms with van der Waals surface area (Å²) in [5.41, 5.74) is 4.31. The predicted molar refractivity (Wildman–Crippen MR) is 473 cm³/mol. The van der Waals surface area contributed by atoms with Crippen molar-refractivity contribution in [2.24, 2.45) is 0 Å². The molecule has 702 valence electrons. The van der Waals surface area contributed by atoms with Crippen molar-refractivity contribution in [2.75, 3.05) is 147 Å².